The summed E-state index contributed by atoms with van der Waals surface area (Å²) in [6, 6.07) is 1.50. The molecule has 1 aromatic rings. The summed E-state index contributed by atoms with van der Waals surface area (Å²) in [5, 5.41) is 4.83. The third kappa shape index (κ3) is 6.94. The van der Waals surface area contributed by atoms with Crippen LogP contribution in [0.4, 0.5) is 36.8 Å². The molecule has 12 heteroatoms. The Morgan fingerprint density at radius 2 is 1.67 bits per heavy atom. The molecule has 0 heterocycles. The number of halogens is 7. The van der Waals surface area contributed by atoms with Gasteiger partial charge in [0.15, 0.2) is 0 Å². The van der Waals surface area contributed by atoms with E-state index in [0.29, 0.717) is 6.07 Å². The molecule has 24 heavy (non-hydrogen) atoms. The fourth-order valence-corrected chi connectivity index (χ4v) is 1.64. The van der Waals surface area contributed by atoms with Gasteiger partial charge in [-0.3, -0.25) is 4.79 Å². The fourth-order valence-electron chi connectivity index (χ4n) is 1.42. The average Bonchev–Trinajstić information content (AvgIpc) is 2.43. The van der Waals surface area contributed by atoms with Crippen molar-refractivity contribution in [3.63, 3.8) is 0 Å². The van der Waals surface area contributed by atoms with Gasteiger partial charge in [0.1, 0.15) is 6.54 Å². The molecule has 1 rings (SSSR count). The maximum Gasteiger partial charge on any atom is 0.417 e. The lowest BCUT2D eigenvalue weighted by molar-refractivity contribution is -0.137. The number of urea groups is 1. The SMILES string of the molecule is O=C(CNC(=O)Nc1ccc(Cl)c(C(F)(F)F)c1)NCC(F)(F)F. The van der Waals surface area contributed by atoms with Gasteiger partial charge in [0.2, 0.25) is 5.91 Å². The number of anilines is 1. The van der Waals surface area contributed by atoms with Crippen LogP contribution in [0.15, 0.2) is 18.2 Å². The minimum absolute atomic E-state index is 0.264. The highest BCUT2D eigenvalue weighted by atomic mass is 35.5. The summed E-state index contributed by atoms with van der Waals surface area (Å²) < 4.78 is 73.5. The topological polar surface area (TPSA) is 70.2 Å². The number of carbonyl (C=O) groups is 2. The van der Waals surface area contributed by atoms with E-state index in [0.717, 1.165) is 12.1 Å². The summed E-state index contributed by atoms with van der Waals surface area (Å²) >= 11 is 5.40. The van der Waals surface area contributed by atoms with E-state index < -0.39 is 48.0 Å². The van der Waals surface area contributed by atoms with Crippen molar-refractivity contribution in [1.82, 2.24) is 10.6 Å². The summed E-state index contributed by atoms with van der Waals surface area (Å²) in [4.78, 5) is 22.5. The molecule has 0 fully saturated rings. The lowest BCUT2D eigenvalue weighted by Gasteiger charge is -2.12. The molecule has 0 aromatic heterocycles. The predicted molar refractivity (Wildman–Crippen MR) is 72.5 cm³/mol. The number of alkyl halides is 6. The van der Waals surface area contributed by atoms with Crippen LogP contribution in [0.5, 0.6) is 0 Å². The maximum absolute atomic E-state index is 12.6. The Morgan fingerprint density at radius 3 is 2.21 bits per heavy atom. The van der Waals surface area contributed by atoms with Gasteiger partial charge in [-0.1, -0.05) is 11.6 Å². The standard InChI is InChI=1S/C12H10ClF6N3O2/c13-8-2-1-6(3-7(8)12(17,18)19)22-10(24)20-4-9(23)21-5-11(14,15)16/h1-3H,4-5H2,(H,21,23)(H2,20,22,24). The number of rotatable bonds is 4. The molecule has 0 aliphatic rings. The van der Waals surface area contributed by atoms with Gasteiger partial charge >= 0.3 is 18.4 Å². The number of hydrogen-bond acceptors (Lipinski definition) is 2. The van der Waals surface area contributed by atoms with Crippen LogP contribution in [0.1, 0.15) is 5.56 Å². The largest absolute Gasteiger partial charge is 0.417 e. The summed E-state index contributed by atoms with van der Waals surface area (Å²) in [7, 11) is 0. The minimum atomic E-state index is -4.73. The van der Waals surface area contributed by atoms with Crippen molar-refractivity contribution >= 4 is 29.2 Å². The van der Waals surface area contributed by atoms with Crippen molar-refractivity contribution in [3.8, 4) is 0 Å². The quantitative estimate of drug-likeness (QED) is 0.705. The molecule has 0 saturated heterocycles. The van der Waals surface area contributed by atoms with Crippen LogP contribution in [0.2, 0.25) is 5.02 Å². The van der Waals surface area contributed by atoms with Crippen molar-refractivity contribution < 1.29 is 35.9 Å². The maximum atomic E-state index is 12.6. The molecule has 0 bridgehead atoms. The van der Waals surface area contributed by atoms with E-state index in [9.17, 15) is 35.9 Å². The van der Waals surface area contributed by atoms with Gasteiger partial charge in [-0.05, 0) is 18.2 Å². The van der Waals surface area contributed by atoms with Crippen LogP contribution >= 0.6 is 11.6 Å². The van der Waals surface area contributed by atoms with Gasteiger partial charge in [0, 0.05) is 5.69 Å². The molecular weight excluding hydrogens is 368 g/mol. The molecule has 0 aliphatic carbocycles. The zero-order chi connectivity index (χ0) is 18.5. The Hall–Kier alpha value is -2.17. The molecule has 0 aliphatic heterocycles. The Balaban J connectivity index is 2.56. The Kier molecular flexibility index (Phi) is 6.29. The molecule has 0 unspecified atom stereocenters. The van der Waals surface area contributed by atoms with Crippen LogP contribution < -0.4 is 16.0 Å². The lowest BCUT2D eigenvalue weighted by Crippen LogP contribution is -2.42. The second-order valence-corrected chi connectivity index (χ2v) is 4.80. The molecule has 134 valence electrons. The fraction of sp³-hybridized carbons (Fsp3) is 0.333. The second-order valence-electron chi connectivity index (χ2n) is 4.39. The van der Waals surface area contributed by atoms with Gasteiger partial charge in [-0.25, -0.2) is 4.79 Å². The van der Waals surface area contributed by atoms with Gasteiger partial charge in [-0.15, -0.1) is 0 Å². The van der Waals surface area contributed by atoms with Gasteiger partial charge in [0.25, 0.3) is 0 Å². The van der Waals surface area contributed by atoms with Crippen molar-refractivity contribution in [2.24, 2.45) is 0 Å². The van der Waals surface area contributed by atoms with Crippen molar-refractivity contribution in [2.45, 2.75) is 12.4 Å². The van der Waals surface area contributed by atoms with E-state index in [2.05, 4.69) is 0 Å². The first kappa shape index (κ1) is 19.9. The third-order valence-electron chi connectivity index (χ3n) is 2.43. The first-order valence-corrected chi connectivity index (χ1v) is 6.51. The van der Waals surface area contributed by atoms with Crippen LogP contribution in [0.25, 0.3) is 0 Å². The highest BCUT2D eigenvalue weighted by Gasteiger charge is 2.33. The first-order chi connectivity index (χ1) is 10.9. The zero-order valence-electron chi connectivity index (χ0n) is 11.6. The smallest absolute Gasteiger partial charge is 0.345 e. The molecule has 0 saturated carbocycles. The monoisotopic (exact) mass is 377 g/mol. The lowest BCUT2D eigenvalue weighted by atomic mass is 10.2. The van der Waals surface area contributed by atoms with Gasteiger partial charge in [-0.2, -0.15) is 26.3 Å². The van der Waals surface area contributed by atoms with E-state index in [-0.39, 0.29) is 5.69 Å². The summed E-state index contributed by atoms with van der Waals surface area (Å²) in [5.41, 5.74) is -1.44. The summed E-state index contributed by atoms with van der Waals surface area (Å²) in [6.45, 7) is -2.36. The molecule has 3 N–H and O–H groups in total. The van der Waals surface area contributed by atoms with E-state index in [4.69, 9.17) is 11.6 Å². The van der Waals surface area contributed by atoms with Crippen molar-refractivity contribution in [3.05, 3.63) is 28.8 Å². The average molecular weight is 378 g/mol. The molecule has 0 atom stereocenters. The van der Waals surface area contributed by atoms with Crippen molar-refractivity contribution in [1.29, 1.82) is 0 Å². The highest BCUT2D eigenvalue weighted by Crippen LogP contribution is 2.36. The van der Waals surface area contributed by atoms with Crippen LogP contribution in [-0.2, 0) is 11.0 Å². The number of benzene rings is 1. The normalized spacial score (nSPS) is 11.8. The molecular formula is C12H10ClF6N3O2. The number of hydrogen-bond donors (Lipinski definition) is 3. The Labute approximate surface area is 136 Å². The Bertz CT molecular complexity index is 618. The van der Waals surface area contributed by atoms with Crippen molar-refractivity contribution in [2.75, 3.05) is 18.4 Å². The van der Waals surface area contributed by atoms with E-state index >= 15 is 0 Å². The second kappa shape index (κ2) is 7.60. The van der Waals surface area contributed by atoms with Crippen LogP contribution in [0.3, 0.4) is 0 Å². The van der Waals surface area contributed by atoms with Gasteiger partial charge in [0.05, 0.1) is 17.1 Å². The van der Waals surface area contributed by atoms with E-state index in [1.165, 1.54) is 5.32 Å². The molecule has 1 aromatic carbocycles. The summed E-state index contributed by atoms with van der Waals surface area (Å²) in [6.07, 6.45) is -9.34. The number of nitrogens with one attached hydrogen (secondary N) is 3. The molecule has 5 nitrogen and oxygen atoms in total. The third-order valence-corrected chi connectivity index (χ3v) is 2.75. The predicted octanol–water partition coefficient (Wildman–Crippen LogP) is 3.16. The van der Waals surface area contributed by atoms with E-state index in [1.54, 1.807) is 0 Å². The Morgan fingerprint density at radius 1 is 1.04 bits per heavy atom. The number of amides is 3. The molecule has 0 spiro atoms. The van der Waals surface area contributed by atoms with Crippen LogP contribution in [-0.4, -0.2) is 31.2 Å². The highest BCUT2D eigenvalue weighted by molar-refractivity contribution is 6.31. The number of carbonyl (C=O) groups excluding carboxylic acids is 2. The molecule has 3 amide bonds. The summed E-state index contributed by atoms with van der Waals surface area (Å²) in [5.74, 6) is -1.12. The van der Waals surface area contributed by atoms with Gasteiger partial charge < -0.3 is 16.0 Å². The minimum Gasteiger partial charge on any atom is -0.345 e. The zero-order valence-corrected chi connectivity index (χ0v) is 12.4. The first-order valence-electron chi connectivity index (χ1n) is 6.13. The molecule has 0 radical (unpaired) electrons. The van der Waals surface area contributed by atoms with Crippen LogP contribution in [0, 0.1) is 0 Å². The van der Waals surface area contributed by atoms with E-state index in [1.807, 2.05) is 10.6 Å².